The van der Waals surface area contributed by atoms with Gasteiger partial charge in [-0.15, -0.1) is 0 Å². The number of nitrogens with zero attached hydrogens (tertiary/aromatic N) is 1. The van der Waals surface area contributed by atoms with E-state index in [4.69, 9.17) is 18.6 Å². The molecule has 0 fully saturated rings. The molecule has 2 aromatic carbocycles. The highest BCUT2D eigenvalue weighted by molar-refractivity contribution is 6.04. The molecule has 0 aliphatic carbocycles. The molecule has 0 bridgehead atoms. The van der Waals surface area contributed by atoms with Crippen LogP contribution in [0, 0.1) is 0 Å². The van der Waals surface area contributed by atoms with Crippen molar-refractivity contribution in [1.82, 2.24) is 4.98 Å². The molecule has 0 saturated heterocycles. The predicted molar refractivity (Wildman–Crippen MR) is 113 cm³/mol. The van der Waals surface area contributed by atoms with Crippen LogP contribution in [0.2, 0.25) is 0 Å². The number of aromatic nitrogens is 1. The average Bonchev–Trinajstić information content (AvgIpc) is 3.32. The molecule has 6 heteroatoms. The first-order valence-corrected chi connectivity index (χ1v) is 9.71. The van der Waals surface area contributed by atoms with Crippen molar-refractivity contribution >= 4 is 16.9 Å². The molecule has 0 unspecified atom stereocenters. The Morgan fingerprint density at radius 2 is 1.70 bits per heavy atom. The van der Waals surface area contributed by atoms with Crippen LogP contribution in [0.4, 0.5) is 0 Å². The number of para-hydroxylation sites is 1. The van der Waals surface area contributed by atoms with E-state index in [2.05, 4.69) is 4.98 Å². The van der Waals surface area contributed by atoms with Gasteiger partial charge in [0.05, 0.1) is 24.0 Å². The highest BCUT2D eigenvalue weighted by Crippen LogP contribution is 2.25. The topological polar surface area (TPSA) is 70.8 Å². The van der Waals surface area contributed by atoms with Crippen molar-refractivity contribution in [1.29, 1.82) is 0 Å². The van der Waals surface area contributed by atoms with E-state index in [1.807, 2.05) is 55.5 Å². The number of hydrogen-bond acceptors (Lipinski definition) is 6. The van der Waals surface area contributed by atoms with Crippen LogP contribution in [-0.4, -0.2) is 30.8 Å². The van der Waals surface area contributed by atoms with Crippen LogP contribution in [0.5, 0.6) is 11.5 Å². The van der Waals surface area contributed by atoms with Crippen molar-refractivity contribution in [2.45, 2.75) is 6.92 Å². The SMILES string of the molecule is CCOc1ccc(OCCOC(=O)c2cc(-c3ccco3)nc3ccccc23)cc1. The minimum Gasteiger partial charge on any atom is -0.494 e. The summed E-state index contributed by atoms with van der Waals surface area (Å²) in [4.78, 5) is 17.3. The average molecular weight is 403 g/mol. The Bertz CT molecular complexity index is 1120. The van der Waals surface area contributed by atoms with E-state index in [-0.39, 0.29) is 13.2 Å². The Hall–Kier alpha value is -3.80. The fraction of sp³-hybridized carbons (Fsp3) is 0.167. The van der Waals surface area contributed by atoms with Gasteiger partial charge in [0.25, 0.3) is 0 Å². The van der Waals surface area contributed by atoms with E-state index in [0.717, 1.165) is 11.1 Å². The lowest BCUT2D eigenvalue weighted by Crippen LogP contribution is -2.13. The molecule has 0 N–H and O–H groups in total. The zero-order chi connectivity index (χ0) is 20.8. The molecular formula is C24H21NO5. The van der Waals surface area contributed by atoms with Crippen LogP contribution in [0.15, 0.2) is 77.4 Å². The lowest BCUT2D eigenvalue weighted by molar-refractivity contribution is 0.0452. The summed E-state index contributed by atoms with van der Waals surface area (Å²) in [6.45, 7) is 2.91. The Kier molecular flexibility index (Phi) is 5.94. The fourth-order valence-electron chi connectivity index (χ4n) is 3.07. The van der Waals surface area contributed by atoms with E-state index in [1.165, 1.54) is 0 Å². The lowest BCUT2D eigenvalue weighted by Gasteiger charge is -2.10. The number of benzene rings is 2. The number of hydrogen-bond donors (Lipinski definition) is 0. The first kappa shape index (κ1) is 19.5. The van der Waals surface area contributed by atoms with Gasteiger partial charge in [-0.05, 0) is 55.5 Å². The second-order valence-corrected chi connectivity index (χ2v) is 6.44. The largest absolute Gasteiger partial charge is 0.494 e. The van der Waals surface area contributed by atoms with Crippen molar-refractivity contribution in [3.63, 3.8) is 0 Å². The Morgan fingerprint density at radius 3 is 2.43 bits per heavy atom. The maximum absolute atomic E-state index is 12.8. The lowest BCUT2D eigenvalue weighted by atomic mass is 10.1. The van der Waals surface area contributed by atoms with Crippen molar-refractivity contribution in [2.24, 2.45) is 0 Å². The molecule has 152 valence electrons. The minimum atomic E-state index is -0.434. The number of rotatable bonds is 8. The zero-order valence-electron chi connectivity index (χ0n) is 16.5. The molecule has 0 aliphatic heterocycles. The summed E-state index contributed by atoms with van der Waals surface area (Å²) in [6, 6.07) is 20.0. The van der Waals surface area contributed by atoms with Crippen molar-refractivity contribution < 1.29 is 23.4 Å². The van der Waals surface area contributed by atoms with E-state index < -0.39 is 5.97 Å². The summed E-state index contributed by atoms with van der Waals surface area (Å²) < 4.78 is 21.9. The van der Waals surface area contributed by atoms with Gasteiger partial charge in [0.15, 0.2) is 5.76 Å². The van der Waals surface area contributed by atoms with Crippen LogP contribution < -0.4 is 9.47 Å². The highest BCUT2D eigenvalue weighted by Gasteiger charge is 2.16. The first-order valence-electron chi connectivity index (χ1n) is 9.71. The first-order chi connectivity index (χ1) is 14.7. The molecule has 0 amide bonds. The summed E-state index contributed by atoms with van der Waals surface area (Å²) in [5.41, 5.74) is 1.72. The molecule has 0 saturated carbocycles. The summed E-state index contributed by atoms with van der Waals surface area (Å²) in [6.07, 6.45) is 1.57. The molecule has 6 nitrogen and oxygen atoms in total. The molecule has 0 atom stereocenters. The molecule has 4 aromatic rings. The summed E-state index contributed by atoms with van der Waals surface area (Å²) >= 11 is 0. The zero-order valence-corrected chi connectivity index (χ0v) is 16.5. The summed E-state index contributed by atoms with van der Waals surface area (Å²) in [7, 11) is 0. The van der Waals surface area contributed by atoms with Gasteiger partial charge in [0, 0.05) is 5.39 Å². The number of ether oxygens (including phenoxy) is 3. The van der Waals surface area contributed by atoms with Gasteiger partial charge in [-0.2, -0.15) is 0 Å². The number of carbonyl (C=O) groups is 1. The smallest absolute Gasteiger partial charge is 0.339 e. The fourth-order valence-corrected chi connectivity index (χ4v) is 3.07. The maximum atomic E-state index is 12.8. The summed E-state index contributed by atoms with van der Waals surface area (Å²) in [5.74, 6) is 1.63. The third kappa shape index (κ3) is 4.43. The summed E-state index contributed by atoms with van der Waals surface area (Å²) in [5, 5.41) is 0.727. The second-order valence-electron chi connectivity index (χ2n) is 6.44. The molecule has 0 radical (unpaired) electrons. The van der Waals surface area contributed by atoms with Crippen LogP contribution in [0.25, 0.3) is 22.4 Å². The van der Waals surface area contributed by atoms with Gasteiger partial charge in [0.2, 0.25) is 0 Å². The van der Waals surface area contributed by atoms with Gasteiger partial charge in [-0.25, -0.2) is 9.78 Å². The van der Waals surface area contributed by atoms with Gasteiger partial charge in [-0.3, -0.25) is 0 Å². The minimum absolute atomic E-state index is 0.124. The number of furan rings is 1. The van der Waals surface area contributed by atoms with Crippen LogP contribution in [-0.2, 0) is 4.74 Å². The Balaban J connectivity index is 1.43. The normalized spacial score (nSPS) is 10.7. The Morgan fingerprint density at radius 1 is 0.933 bits per heavy atom. The van der Waals surface area contributed by atoms with Gasteiger partial charge >= 0.3 is 5.97 Å². The molecule has 2 aromatic heterocycles. The number of esters is 1. The van der Waals surface area contributed by atoms with Crippen molar-refractivity contribution in [3.8, 4) is 23.0 Å². The van der Waals surface area contributed by atoms with Crippen molar-refractivity contribution in [3.05, 3.63) is 78.6 Å². The van der Waals surface area contributed by atoms with E-state index in [9.17, 15) is 4.79 Å². The van der Waals surface area contributed by atoms with Gasteiger partial charge in [-0.1, -0.05) is 18.2 Å². The molecule has 0 aliphatic rings. The van der Waals surface area contributed by atoms with Crippen LogP contribution in [0.3, 0.4) is 0 Å². The van der Waals surface area contributed by atoms with Crippen molar-refractivity contribution in [2.75, 3.05) is 19.8 Å². The molecule has 2 heterocycles. The van der Waals surface area contributed by atoms with Crippen LogP contribution in [0.1, 0.15) is 17.3 Å². The number of carbonyl (C=O) groups excluding carboxylic acids is 1. The third-order valence-corrected chi connectivity index (χ3v) is 4.43. The maximum Gasteiger partial charge on any atom is 0.339 e. The molecule has 0 spiro atoms. The highest BCUT2D eigenvalue weighted by atomic mass is 16.6. The molecule has 30 heavy (non-hydrogen) atoms. The molecular weight excluding hydrogens is 382 g/mol. The van der Waals surface area contributed by atoms with Gasteiger partial charge in [0.1, 0.15) is 30.4 Å². The monoisotopic (exact) mass is 403 g/mol. The van der Waals surface area contributed by atoms with E-state index in [1.54, 1.807) is 24.5 Å². The number of pyridine rings is 1. The standard InChI is InChI=1S/C24H21NO5/c1-2-27-17-9-11-18(12-10-17)28-14-15-30-24(26)20-16-22(23-8-5-13-29-23)25-21-7-4-3-6-19(20)21/h3-13,16H,2,14-15H2,1H3. The Labute approximate surface area is 174 Å². The van der Waals surface area contributed by atoms with E-state index >= 15 is 0 Å². The quantitative estimate of drug-likeness (QED) is 0.300. The van der Waals surface area contributed by atoms with E-state index in [0.29, 0.717) is 34.9 Å². The van der Waals surface area contributed by atoms with Crippen LogP contribution >= 0.6 is 0 Å². The van der Waals surface area contributed by atoms with Gasteiger partial charge < -0.3 is 18.6 Å². The third-order valence-electron chi connectivity index (χ3n) is 4.43. The predicted octanol–water partition coefficient (Wildman–Crippen LogP) is 5.13. The second kappa shape index (κ2) is 9.13. The number of fused-ring (bicyclic) bond motifs is 1. The molecule has 4 rings (SSSR count).